The second kappa shape index (κ2) is 8.13. The van der Waals surface area contributed by atoms with Crippen molar-refractivity contribution in [3.63, 3.8) is 0 Å². The number of methoxy groups -OCH3 is 1. The van der Waals surface area contributed by atoms with Gasteiger partial charge in [0, 0.05) is 12.6 Å². The quantitative estimate of drug-likeness (QED) is 0.747. The first-order valence-corrected chi connectivity index (χ1v) is 10.6. The van der Waals surface area contributed by atoms with Crippen LogP contribution in [0.1, 0.15) is 50.1 Å². The molecule has 4 atom stereocenters. The summed E-state index contributed by atoms with van der Waals surface area (Å²) in [5, 5.41) is 7.96. The molecule has 0 aromatic heterocycles. The van der Waals surface area contributed by atoms with Crippen LogP contribution in [-0.4, -0.2) is 42.8 Å². The van der Waals surface area contributed by atoms with Crippen LogP contribution in [0.15, 0.2) is 24.3 Å². The van der Waals surface area contributed by atoms with Crippen molar-refractivity contribution in [1.82, 2.24) is 15.5 Å². The van der Waals surface area contributed by atoms with Gasteiger partial charge in [-0.1, -0.05) is 18.6 Å². The van der Waals surface area contributed by atoms with Gasteiger partial charge in [-0.3, -0.25) is 4.90 Å². The molecular weight excluding hydrogens is 342 g/mol. The van der Waals surface area contributed by atoms with E-state index in [9.17, 15) is 0 Å². The van der Waals surface area contributed by atoms with E-state index in [1.807, 2.05) is 0 Å². The van der Waals surface area contributed by atoms with Gasteiger partial charge in [-0.2, -0.15) is 0 Å². The summed E-state index contributed by atoms with van der Waals surface area (Å²) in [5.41, 5.74) is 1.34. The molecule has 3 aliphatic rings. The van der Waals surface area contributed by atoms with E-state index >= 15 is 0 Å². The highest BCUT2D eigenvalue weighted by atomic mass is 32.1. The lowest BCUT2D eigenvalue weighted by Crippen LogP contribution is -2.46. The number of ether oxygens (including phenoxy) is 1. The lowest BCUT2D eigenvalue weighted by atomic mass is 9.95. The predicted octanol–water partition coefficient (Wildman–Crippen LogP) is 3.48. The smallest absolute Gasteiger partial charge is 0.166 e. The van der Waals surface area contributed by atoms with Crippen LogP contribution in [0.4, 0.5) is 0 Å². The van der Waals surface area contributed by atoms with Crippen molar-refractivity contribution in [3.8, 4) is 5.75 Å². The highest BCUT2D eigenvalue weighted by Gasteiger charge is 2.39. The first-order valence-electron chi connectivity index (χ1n) is 10.2. The number of hydrogen-bond acceptors (Lipinski definition) is 3. The summed E-state index contributed by atoms with van der Waals surface area (Å²) >= 11 is 5.63. The largest absolute Gasteiger partial charge is 0.497 e. The van der Waals surface area contributed by atoms with Crippen LogP contribution in [0.5, 0.6) is 5.75 Å². The van der Waals surface area contributed by atoms with E-state index in [4.69, 9.17) is 17.0 Å². The number of nitrogens with one attached hydrogen (secondary N) is 2. The van der Waals surface area contributed by atoms with Crippen LogP contribution in [-0.2, 0) is 0 Å². The van der Waals surface area contributed by atoms with Gasteiger partial charge < -0.3 is 15.4 Å². The van der Waals surface area contributed by atoms with Gasteiger partial charge in [0.05, 0.1) is 13.2 Å². The zero-order valence-electron chi connectivity index (χ0n) is 15.7. The maximum absolute atomic E-state index is 5.63. The minimum absolute atomic E-state index is 0.364. The van der Waals surface area contributed by atoms with Crippen LogP contribution < -0.4 is 15.4 Å². The lowest BCUT2D eigenvalue weighted by Gasteiger charge is -2.30. The van der Waals surface area contributed by atoms with E-state index in [1.54, 1.807) is 7.11 Å². The fourth-order valence-corrected chi connectivity index (χ4v) is 5.40. The molecule has 4 rings (SSSR count). The number of hydrogen-bond donors (Lipinski definition) is 2. The van der Waals surface area contributed by atoms with Crippen molar-refractivity contribution in [2.24, 2.45) is 11.8 Å². The second-order valence-electron chi connectivity index (χ2n) is 8.17. The molecule has 0 spiro atoms. The van der Waals surface area contributed by atoms with E-state index in [0.717, 1.165) is 29.2 Å². The van der Waals surface area contributed by atoms with Crippen molar-refractivity contribution < 1.29 is 4.74 Å². The van der Waals surface area contributed by atoms with Crippen LogP contribution >= 0.6 is 12.2 Å². The molecule has 1 saturated heterocycles. The predicted molar refractivity (Wildman–Crippen MR) is 110 cm³/mol. The van der Waals surface area contributed by atoms with Gasteiger partial charge in [-0.15, -0.1) is 0 Å². The molecule has 1 aliphatic heterocycles. The molecule has 2 N–H and O–H groups in total. The summed E-state index contributed by atoms with van der Waals surface area (Å²) in [6, 6.07) is 9.46. The van der Waals surface area contributed by atoms with Crippen LogP contribution in [0.3, 0.4) is 0 Å². The van der Waals surface area contributed by atoms with Crippen molar-refractivity contribution in [3.05, 3.63) is 29.8 Å². The Kier molecular flexibility index (Phi) is 5.65. The molecule has 2 aliphatic carbocycles. The molecule has 2 bridgehead atoms. The molecule has 2 saturated carbocycles. The van der Waals surface area contributed by atoms with E-state index in [0.29, 0.717) is 12.1 Å². The third-order valence-corrected chi connectivity index (χ3v) is 6.85. The Morgan fingerprint density at radius 1 is 1.19 bits per heavy atom. The Balaban J connectivity index is 1.35. The van der Waals surface area contributed by atoms with Gasteiger partial charge in [0.2, 0.25) is 0 Å². The van der Waals surface area contributed by atoms with Gasteiger partial charge in [0.25, 0.3) is 0 Å². The lowest BCUT2D eigenvalue weighted by molar-refractivity contribution is 0.245. The summed E-state index contributed by atoms with van der Waals surface area (Å²) in [7, 11) is 1.72. The molecule has 4 nitrogen and oxygen atoms in total. The third-order valence-electron chi connectivity index (χ3n) is 6.59. The molecule has 3 fully saturated rings. The maximum atomic E-state index is 5.63. The second-order valence-corrected chi connectivity index (χ2v) is 8.58. The molecule has 0 radical (unpaired) electrons. The number of thiocarbonyl (C=S) groups is 1. The van der Waals surface area contributed by atoms with Crippen LogP contribution in [0.25, 0.3) is 0 Å². The molecular formula is C21H31N3OS. The minimum Gasteiger partial charge on any atom is -0.497 e. The molecule has 1 aromatic carbocycles. The highest BCUT2D eigenvalue weighted by molar-refractivity contribution is 7.80. The monoisotopic (exact) mass is 373 g/mol. The van der Waals surface area contributed by atoms with E-state index < -0.39 is 0 Å². The molecule has 26 heavy (non-hydrogen) atoms. The number of fused-ring (bicyclic) bond motifs is 2. The first-order chi connectivity index (χ1) is 12.7. The average Bonchev–Trinajstić information content (AvgIpc) is 3.41. The molecule has 4 unspecified atom stereocenters. The Bertz CT molecular complexity index is 614. The Morgan fingerprint density at radius 2 is 1.96 bits per heavy atom. The zero-order chi connectivity index (χ0) is 17.9. The van der Waals surface area contributed by atoms with E-state index in [1.165, 1.54) is 57.2 Å². The normalized spacial score (nSPS) is 28.9. The van der Waals surface area contributed by atoms with Crippen molar-refractivity contribution >= 4 is 17.3 Å². The Labute approximate surface area is 162 Å². The van der Waals surface area contributed by atoms with Crippen LogP contribution in [0.2, 0.25) is 0 Å². The van der Waals surface area contributed by atoms with Crippen molar-refractivity contribution in [2.45, 2.75) is 50.6 Å². The number of benzene rings is 1. The zero-order valence-corrected chi connectivity index (χ0v) is 16.6. The SMILES string of the molecule is COc1ccc(C(CNC(=S)NC2CC3CCC2C3)N2CCCC2)cc1. The standard InChI is InChI=1S/C21H31N3OS/c1-25-18-8-6-16(7-9-18)20(24-10-2-3-11-24)14-22-21(26)23-19-13-15-4-5-17(19)12-15/h6-9,15,17,19-20H,2-5,10-14H2,1H3,(H2,22,23,26). The van der Waals surface area contributed by atoms with E-state index in [-0.39, 0.29) is 0 Å². The third kappa shape index (κ3) is 3.99. The molecule has 142 valence electrons. The summed E-state index contributed by atoms with van der Waals surface area (Å²) in [4.78, 5) is 2.58. The molecule has 5 heteroatoms. The van der Waals surface area contributed by atoms with Crippen molar-refractivity contribution in [2.75, 3.05) is 26.7 Å². The van der Waals surface area contributed by atoms with Gasteiger partial charge in [-0.05, 0) is 86.9 Å². The van der Waals surface area contributed by atoms with Gasteiger partial charge in [0.1, 0.15) is 5.75 Å². The molecule has 0 amide bonds. The van der Waals surface area contributed by atoms with Gasteiger partial charge >= 0.3 is 0 Å². The highest BCUT2D eigenvalue weighted by Crippen LogP contribution is 2.44. The fourth-order valence-electron chi connectivity index (χ4n) is 5.17. The Hall–Kier alpha value is -1.33. The first kappa shape index (κ1) is 18.1. The summed E-state index contributed by atoms with van der Waals surface area (Å²) in [5.74, 6) is 2.70. The topological polar surface area (TPSA) is 36.5 Å². The summed E-state index contributed by atoms with van der Waals surface area (Å²) < 4.78 is 5.31. The summed E-state index contributed by atoms with van der Waals surface area (Å²) in [6.07, 6.45) is 8.11. The maximum Gasteiger partial charge on any atom is 0.166 e. The molecule has 1 heterocycles. The number of likely N-dealkylation sites (tertiary alicyclic amines) is 1. The van der Waals surface area contributed by atoms with Gasteiger partial charge in [0.15, 0.2) is 5.11 Å². The van der Waals surface area contributed by atoms with Crippen LogP contribution in [0, 0.1) is 11.8 Å². The summed E-state index contributed by atoms with van der Waals surface area (Å²) in [6.45, 7) is 3.20. The average molecular weight is 374 g/mol. The number of rotatable bonds is 6. The Morgan fingerprint density at radius 3 is 2.58 bits per heavy atom. The number of nitrogens with zero attached hydrogens (tertiary/aromatic N) is 1. The minimum atomic E-state index is 0.364. The van der Waals surface area contributed by atoms with Crippen molar-refractivity contribution in [1.29, 1.82) is 0 Å². The van der Waals surface area contributed by atoms with E-state index in [2.05, 4.69) is 39.8 Å². The molecule has 1 aromatic rings. The fraction of sp³-hybridized carbons (Fsp3) is 0.667. The van der Waals surface area contributed by atoms with Gasteiger partial charge in [-0.25, -0.2) is 0 Å².